The second-order valence-electron chi connectivity index (χ2n) is 3.75. The zero-order valence-corrected chi connectivity index (χ0v) is 8.40. The van der Waals surface area contributed by atoms with Crippen LogP contribution in [0.2, 0.25) is 0 Å². The molecule has 16 heavy (non-hydrogen) atoms. The van der Waals surface area contributed by atoms with Crippen LogP contribution in [0.25, 0.3) is 11.1 Å². The Labute approximate surface area is 92.8 Å². The van der Waals surface area contributed by atoms with Gasteiger partial charge < -0.3 is 0 Å². The maximum Gasteiger partial charge on any atom is 0.194 e. The Bertz CT molecular complexity index is 650. The number of benzene rings is 2. The Morgan fingerprint density at radius 3 is 2.31 bits per heavy atom. The number of carbonyl (C=O) groups is 1. The van der Waals surface area contributed by atoms with Gasteiger partial charge in [-0.15, -0.1) is 0 Å². The van der Waals surface area contributed by atoms with E-state index >= 15 is 0 Å². The summed E-state index contributed by atoms with van der Waals surface area (Å²) in [6.07, 6.45) is 0. The molecule has 74 valence electrons. The first kappa shape index (κ1) is 8.87. The predicted octanol–water partition coefficient (Wildman–Crippen LogP) is 2.77. The molecule has 0 atom stereocenters. The minimum atomic E-state index is 0.0510. The van der Waals surface area contributed by atoms with E-state index in [1.54, 1.807) is 18.2 Å². The molecule has 0 unspecified atom stereocenters. The Kier molecular flexibility index (Phi) is 1.69. The van der Waals surface area contributed by atoms with E-state index in [-0.39, 0.29) is 5.78 Å². The van der Waals surface area contributed by atoms with E-state index in [2.05, 4.69) is 6.07 Å². The van der Waals surface area contributed by atoms with Crippen molar-refractivity contribution in [2.24, 2.45) is 0 Å². The zero-order valence-electron chi connectivity index (χ0n) is 8.40. The lowest BCUT2D eigenvalue weighted by Crippen LogP contribution is -1.94. The molecule has 0 saturated carbocycles. The zero-order chi connectivity index (χ0) is 11.1. The number of nitrogens with zero attached hydrogens (tertiary/aromatic N) is 1. The summed E-state index contributed by atoms with van der Waals surface area (Å²) >= 11 is 0. The monoisotopic (exact) mass is 205 g/mol. The van der Waals surface area contributed by atoms with E-state index in [9.17, 15) is 4.79 Å². The molecule has 0 radical (unpaired) electrons. The van der Waals surface area contributed by atoms with Gasteiger partial charge in [-0.1, -0.05) is 24.3 Å². The van der Waals surface area contributed by atoms with Crippen molar-refractivity contribution in [1.82, 2.24) is 0 Å². The number of fused-ring (bicyclic) bond motifs is 3. The molecule has 2 nitrogen and oxygen atoms in total. The van der Waals surface area contributed by atoms with Gasteiger partial charge in [-0.2, -0.15) is 5.26 Å². The van der Waals surface area contributed by atoms with Crippen LogP contribution in [0.1, 0.15) is 21.5 Å². The Hall–Kier alpha value is -2.40. The first-order chi connectivity index (χ1) is 7.81. The summed E-state index contributed by atoms with van der Waals surface area (Å²) in [7, 11) is 0. The number of ketones is 1. The largest absolute Gasteiger partial charge is 0.289 e. The molecule has 2 aromatic rings. The normalized spacial score (nSPS) is 11.8. The van der Waals surface area contributed by atoms with Crippen LogP contribution in [-0.4, -0.2) is 5.78 Å². The molecule has 0 fully saturated rings. The highest BCUT2D eigenvalue weighted by Gasteiger charge is 2.25. The van der Waals surface area contributed by atoms with Crippen LogP contribution in [-0.2, 0) is 0 Å². The number of rotatable bonds is 0. The van der Waals surface area contributed by atoms with Gasteiger partial charge >= 0.3 is 0 Å². The third-order valence-electron chi connectivity index (χ3n) is 2.86. The Morgan fingerprint density at radius 1 is 0.875 bits per heavy atom. The molecular formula is C14H7NO. The third kappa shape index (κ3) is 1.03. The summed E-state index contributed by atoms with van der Waals surface area (Å²) < 4.78 is 0. The molecule has 0 N–H and O–H groups in total. The molecular weight excluding hydrogens is 198 g/mol. The van der Waals surface area contributed by atoms with Crippen molar-refractivity contribution < 1.29 is 4.79 Å². The molecule has 0 aromatic heterocycles. The minimum Gasteiger partial charge on any atom is -0.289 e. The minimum absolute atomic E-state index is 0.0510. The highest BCUT2D eigenvalue weighted by Crippen LogP contribution is 2.36. The maximum atomic E-state index is 12.0. The first-order valence-corrected chi connectivity index (χ1v) is 4.99. The van der Waals surface area contributed by atoms with Crippen molar-refractivity contribution in [1.29, 1.82) is 5.26 Å². The van der Waals surface area contributed by atoms with Crippen LogP contribution >= 0.6 is 0 Å². The van der Waals surface area contributed by atoms with Gasteiger partial charge in [-0.25, -0.2) is 0 Å². The van der Waals surface area contributed by atoms with Crippen molar-refractivity contribution in [3.05, 3.63) is 59.2 Å². The first-order valence-electron chi connectivity index (χ1n) is 4.99. The topological polar surface area (TPSA) is 40.9 Å². The molecule has 1 aliphatic rings. The van der Waals surface area contributed by atoms with Crippen molar-refractivity contribution >= 4 is 5.78 Å². The van der Waals surface area contributed by atoms with Crippen LogP contribution in [0.4, 0.5) is 0 Å². The average Bonchev–Trinajstić information content (AvgIpc) is 2.64. The summed E-state index contributed by atoms with van der Waals surface area (Å²) in [4.78, 5) is 12.0. The Balaban J connectivity index is 2.36. The lowest BCUT2D eigenvalue weighted by Gasteiger charge is -1.98. The van der Waals surface area contributed by atoms with Crippen molar-refractivity contribution in [3.8, 4) is 17.2 Å². The van der Waals surface area contributed by atoms with Gasteiger partial charge in [0.25, 0.3) is 0 Å². The molecule has 0 bridgehead atoms. The maximum absolute atomic E-state index is 12.0. The van der Waals surface area contributed by atoms with Gasteiger partial charge in [0.2, 0.25) is 0 Å². The quantitative estimate of drug-likeness (QED) is 0.566. The molecule has 0 spiro atoms. The summed E-state index contributed by atoms with van der Waals surface area (Å²) in [5, 5.41) is 8.85. The fourth-order valence-corrected chi connectivity index (χ4v) is 2.10. The molecule has 0 heterocycles. The average molecular weight is 205 g/mol. The molecule has 2 heteroatoms. The summed E-state index contributed by atoms with van der Waals surface area (Å²) in [6, 6.07) is 14.8. The highest BCUT2D eigenvalue weighted by atomic mass is 16.1. The fourth-order valence-electron chi connectivity index (χ4n) is 2.10. The molecule has 0 amide bonds. The predicted molar refractivity (Wildman–Crippen MR) is 60.0 cm³/mol. The number of carbonyl (C=O) groups excluding carboxylic acids is 1. The van der Waals surface area contributed by atoms with Gasteiger partial charge in [0, 0.05) is 11.1 Å². The van der Waals surface area contributed by atoms with E-state index in [1.807, 2.05) is 24.3 Å². The van der Waals surface area contributed by atoms with Gasteiger partial charge in [0.1, 0.15) is 0 Å². The molecule has 1 aliphatic carbocycles. The highest BCUT2D eigenvalue weighted by molar-refractivity contribution is 6.21. The lowest BCUT2D eigenvalue weighted by molar-refractivity contribution is 0.104. The second-order valence-corrected chi connectivity index (χ2v) is 3.75. The van der Waals surface area contributed by atoms with E-state index in [0.717, 1.165) is 16.7 Å². The van der Waals surface area contributed by atoms with Gasteiger partial charge in [0.05, 0.1) is 11.6 Å². The standard InChI is InChI=1S/C14H7NO/c15-8-9-5-6-12-13(7-9)10-3-1-2-4-11(10)14(12)16/h1-7H. The number of nitriles is 1. The van der Waals surface area contributed by atoms with Gasteiger partial charge in [0.15, 0.2) is 5.78 Å². The van der Waals surface area contributed by atoms with E-state index in [1.165, 1.54) is 0 Å². The smallest absolute Gasteiger partial charge is 0.194 e. The molecule has 0 saturated heterocycles. The van der Waals surface area contributed by atoms with E-state index < -0.39 is 0 Å². The summed E-state index contributed by atoms with van der Waals surface area (Å²) in [5.74, 6) is 0.0510. The van der Waals surface area contributed by atoms with E-state index in [4.69, 9.17) is 5.26 Å². The lowest BCUT2D eigenvalue weighted by atomic mass is 10.0. The molecule has 2 aromatic carbocycles. The second kappa shape index (κ2) is 3.04. The van der Waals surface area contributed by atoms with Gasteiger partial charge in [-0.3, -0.25) is 4.79 Å². The van der Waals surface area contributed by atoms with Crippen molar-refractivity contribution in [2.45, 2.75) is 0 Å². The number of hydrogen-bond acceptors (Lipinski definition) is 2. The molecule has 0 aliphatic heterocycles. The fraction of sp³-hybridized carbons (Fsp3) is 0. The van der Waals surface area contributed by atoms with E-state index in [0.29, 0.717) is 11.1 Å². The van der Waals surface area contributed by atoms with Crippen LogP contribution in [0.15, 0.2) is 42.5 Å². The summed E-state index contributed by atoms with van der Waals surface area (Å²) in [5.41, 5.74) is 3.82. The van der Waals surface area contributed by atoms with Crippen molar-refractivity contribution in [3.63, 3.8) is 0 Å². The Morgan fingerprint density at radius 2 is 1.56 bits per heavy atom. The van der Waals surface area contributed by atoms with Gasteiger partial charge in [-0.05, 0) is 29.3 Å². The van der Waals surface area contributed by atoms with Crippen LogP contribution in [0.5, 0.6) is 0 Å². The third-order valence-corrected chi connectivity index (χ3v) is 2.86. The molecule has 3 rings (SSSR count). The number of hydrogen-bond donors (Lipinski definition) is 0. The van der Waals surface area contributed by atoms with Crippen LogP contribution in [0, 0.1) is 11.3 Å². The van der Waals surface area contributed by atoms with Crippen LogP contribution < -0.4 is 0 Å². The van der Waals surface area contributed by atoms with Crippen molar-refractivity contribution in [2.75, 3.05) is 0 Å². The summed E-state index contributed by atoms with van der Waals surface area (Å²) in [6.45, 7) is 0. The van der Waals surface area contributed by atoms with Crippen LogP contribution in [0.3, 0.4) is 0 Å². The SMILES string of the molecule is N#Cc1ccc2c(c1)-c1ccccc1C2=O.